The van der Waals surface area contributed by atoms with Gasteiger partial charge in [0.15, 0.2) is 0 Å². The number of nitrogens with one attached hydrogen (secondary N) is 1. The van der Waals surface area contributed by atoms with Crippen LogP contribution in [0.25, 0.3) is 0 Å². The Morgan fingerprint density at radius 2 is 2.29 bits per heavy atom. The van der Waals surface area contributed by atoms with Crippen LogP contribution in [-0.2, 0) is 9.53 Å². The molecule has 1 unspecified atom stereocenters. The van der Waals surface area contributed by atoms with E-state index in [0.717, 1.165) is 18.6 Å². The van der Waals surface area contributed by atoms with E-state index in [2.05, 4.69) is 10.3 Å². The van der Waals surface area contributed by atoms with Gasteiger partial charge in [-0.3, -0.25) is 4.79 Å². The number of carbonyl (C=O) groups is 1. The summed E-state index contributed by atoms with van der Waals surface area (Å²) in [6, 6.07) is 2.15. The lowest BCUT2D eigenvalue weighted by Crippen LogP contribution is -2.30. The summed E-state index contributed by atoms with van der Waals surface area (Å²) in [5, 5.41) is 2.38. The van der Waals surface area contributed by atoms with Crippen LogP contribution >= 0.6 is 0 Å². The fourth-order valence-corrected chi connectivity index (χ4v) is 1.69. The van der Waals surface area contributed by atoms with Crippen LogP contribution in [0.4, 0.5) is 14.5 Å². The minimum Gasteiger partial charge on any atom is -0.381 e. The molecule has 1 fully saturated rings. The molecule has 1 saturated heterocycles. The number of hydrogen-bond acceptors (Lipinski definition) is 3. The maximum atomic E-state index is 13.2. The van der Waals surface area contributed by atoms with Gasteiger partial charge in [-0.1, -0.05) is 0 Å². The molecule has 1 amide bonds. The van der Waals surface area contributed by atoms with Crippen LogP contribution in [0.1, 0.15) is 12.8 Å². The smallest absolute Gasteiger partial charge is 0.239 e. The molecule has 92 valence electrons. The van der Waals surface area contributed by atoms with Gasteiger partial charge in [0.05, 0.1) is 18.2 Å². The summed E-state index contributed by atoms with van der Waals surface area (Å²) in [4.78, 5) is 14.7. The second-order valence-corrected chi connectivity index (χ2v) is 3.88. The van der Waals surface area contributed by atoms with Crippen LogP contribution in [0.5, 0.6) is 0 Å². The van der Waals surface area contributed by atoms with E-state index < -0.39 is 11.9 Å². The summed E-state index contributed by atoms with van der Waals surface area (Å²) in [6.07, 6.45) is 1.52. The molecule has 0 bridgehead atoms. The van der Waals surface area contributed by atoms with Gasteiger partial charge in [-0.2, -0.15) is 13.8 Å². The van der Waals surface area contributed by atoms with Crippen LogP contribution in [-0.4, -0.2) is 24.1 Å². The third-order valence-corrected chi connectivity index (χ3v) is 2.60. The molecule has 0 saturated carbocycles. The van der Waals surface area contributed by atoms with E-state index in [1.165, 1.54) is 0 Å². The van der Waals surface area contributed by atoms with Crippen molar-refractivity contribution in [1.82, 2.24) is 4.98 Å². The SMILES string of the molecule is O=C(Nc1ccc(F)nc1F)C1CCCOC1. The lowest BCUT2D eigenvalue weighted by Gasteiger charge is -2.21. The molecule has 0 aliphatic carbocycles. The number of aromatic nitrogens is 1. The van der Waals surface area contributed by atoms with E-state index in [1.807, 2.05) is 0 Å². The zero-order chi connectivity index (χ0) is 12.3. The van der Waals surface area contributed by atoms with E-state index in [1.54, 1.807) is 0 Å². The number of nitrogens with zero attached hydrogens (tertiary/aromatic N) is 1. The fourth-order valence-electron chi connectivity index (χ4n) is 1.69. The predicted molar refractivity (Wildman–Crippen MR) is 56.3 cm³/mol. The average molecular weight is 242 g/mol. The summed E-state index contributed by atoms with van der Waals surface area (Å²) in [5.74, 6) is -2.54. The van der Waals surface area contributed by atoms with Crippen LogP contribution in [0.15, 0.2) is 12.1 Å². The van der Waals surface area contributed by atoms with Crippen molar-refractivity contribution in [2.75, 3.05) is 18.5 Å². The number of amides is 1. The zero-order valence-electron chi connectivity index (χ0n) is 9.08. The standard InChI is InChI=1S/C11H12F2N2O2/c12-9-4-3-8(10(13)15-9)14-11(16)7-2-1-5-17-6-7/h3-4,7H,1-2,5-6H2,(H,14,16). The van der Waals surface area contributed by atoms with Gasteiger partial charge in [-0.15, -0.1) is 0 Å². The van der Waals surface area contributed by atoms with Crippen molar-refractivity contribution in [2.24, 2.45) is 5.92 Å². The Balaban J connectivity index is 2.02. The van der Waals surface area contributed by atoms with Gasteiger partial charge in [0.25, 0.3) is 0 Å². The third-order valence-electron chi connectivity index (χ3n) is 2.60. The highest BCUT2D eigenvalue weighted by molar-refractivity contribution is 5.92. The molecule has 1 N–H and O–H groups in total. The van der Waals surface area contributed by atoms with E-state index in [0.29, 0.717) is 19.6 Å². The first kappa shape index (κ1) is 11.9. The van der Waals surface area contributed by atoms with Crippen molar-refractivity contribution in [3.05, 3.63) is 24.0 Å². The van der Waals surface area contributed by atoms with Crippen LogP contribution in [0.2, 0.25) is 0 Å². The van der Waals surface area contributed by atoms with E-state index in [9.17, 15) is 13.6 Å². The minimum atomic E-state index is -1.02. The molecular weight excluding hydrogens is 230 g/mol. The molecule has 0 radical (unpaired) electrons. The summed E-state index contributed by atoms with van der Waals surface area (Å²) < 4.78 is 30.9. The molecule has 1 aliphatic heterocycles. The normalized spacial score (nSPS) is 20.0. The van der Waals surface area contributed by atoms with E-state index in [-0.39, 0.29) is 17.5 Å². The molecule has 0 spiro atoms. The van der Waals surface area contributed by atoms with Crippen LogP contribution in [0.3, 0.4) is 0 Å². The summed E-state index contributed by atoms with van der Waals surface area (Å²) in [7, 11) is 0. The van der Waals surface area contributed by atoms with Crippen molar-refractivity contribution < 1.29 is 18.3 Å². The Morgan fingerprint density at radius 1 is 1.47 bits per heavy atom. The van der Waals surface area contributed by atoms with Crippen molar-refractivity contribution in [1.29, 1.82) is 0 Å². The second-order valence-electron chi connectivity index (χ2n) is 3.88. The number of carbonyl (C=O) groups excluding carboxylic acids is 1. The maximum Gasteiger partial charge on any atom is 0.239 e. The molecule has 17 heavy (non-hydrogen) atoms. The van der Waals surface area contributed by atoms with Crippen LogP contribution < -0.4 is 5.32 Å². The predicted octanol–water partition coefficient (Wildman–Crippen LogP) is 1.72. The van der Waals surface area contributed by atoms with Gasteiger partial charge >= 0.3 is 0 Å². The molecule has 1 aliphatic rings. The molecule has 2 rings (SSSR count). The molecule has 6 heteroatoms. The van der Waals surface area contributed by atoms with Crippen molar-refractivity contribution in [3.8, 4) is 0 Å². The maximum absolute atomic E-state index is 13.2. The number of rotatable bonds is 2. The number of ether oxygens (including phenoxy) is 1. The van der Waals surface area contributed by atoms with Gasteiger partial charge in [0, 0.05) is 6.61 Å². The first-order chi connectivity index (χ1) is 8.16. The molecule has 1 atom stereocenters. The van der Waals surface area contributed by atoms with Gasteiger partial charge in [0.1, 0.15) is 0 Å². The Morgan fingerprint density at radius 3 is 2.94 bits per heavy atom. The summed E-state index contributed by atoms with van der Waals surface area (Å²) >= 11 is 0. The molecule has 1 aromatic heterocycles. The highest BCUT2D eigenvalue weighted by Gasteiger charge is 2.22. The Bertz CT molecular complexity index is 420. The molecule has 2 heterocycles. The van der Waals surface area contributed by atoms with Gasteiger partial charge in [0.2, 0.25) is 17.8 Å². The lowest BCUT2D eigenvalue weighted by molar-refractivity contribution is -0.123. The largest absolute Gasteiger partial charge is 0.381 e. The van der Waals surface area contributed by atoms with Crippen LogP contribution in [0, 0.1) is 17.8 Å². The fraction of sp³-hybridized carbons (Fsp3) is 0.455. The van der Waals surface area contributed by atoms with Crippen molar-refractivity contribution >= 4 is 11.6 Å². The molecule has 4 nitrogen and oxygen atoms in total. The third kappa shape index (κ3) is 2.97. The first-order valence-electron chi connectivity index (χ1n) is 5.37. The van der Waals surface area contributed by atoms with Gasteiger partial charge in [-0.25, -0.2) is 0 Å². The Labute approximate surface area is 97.0 Å². The number of pyridine rings is 1. The highest BCUT2D eigenvalue weighted by Crippen LogP contribution is 2.17. The second kappa shape index (κ2) is 5.18. The van der Waals surface area contributed by atoms with E-state index >= 15 is 0 Å². The Hall–Kier alpha value is -1.56. The van der Waals surface area contributed by atoms with Crippen molar-refractivity contribution in [2.45, 2.75) is 12.8 Å². The molecular formula is C11H12F2N2O2. The van der Waals surface area contributed by atoms with Crippen molar-refractivity contribution in [3.63, 3.8) is 0 Å². The number of anilines is 1. The van der Waals surface area contributed by atoms with Gasteiger partial charge in [-0.05, 0) is 25.0 Å². The first-order valence-corrected chi connectivity index (χ1v) is 5.37. The number of halogens is 2. The quantitative estimate of drug-likeness (QED) is 0.803. The topological polar surface area (TPSA) is 51.2 Å². The zero-order valence-corrected chi connectivity index (χ0v) is 9.08. The summed E-state index contributed by atoms with van der Waals surface area (Å²) in [5.41, 5.74) is -0.109. The summed E-state index contributed by atoms with van der Waals surface area (Å²) in [6.45, 7) is 0.984. The minimum absolute atomic E-state index is 0.109. The monoisotopic (exact) mass is 242 g/mol. The highest BCUT2D eigenvalue weighted by atomic mass is 19.1. The average Bonchev–Trinajstić information content (AvgIpc) is 2.34. The number of hydrogen-bond donors (Lipinski definition) is 1. The lowest BCUT2D eigenvalue weighted by atomic mass is 10.0. The molecule has 0 aromatic carbocycles. The van der Waals surface area contributed by atoms with E-state index in [4.69, 9.17) is 4.74 Å². The Kier molecular flexibility index (Phi) is 3.63. The molecule has 1 aromatic rings. The van der Waals surface area contributed by atoms with Gasteiger partial charge < -0.3 is 10.1 Å².